The molecule has 0 bridgehead atoms. The van der Waals surface area contributed by atoms with E-state index in [0.29, 0.717) is 28.6 Å². The lowest BCUT2D eigenvalue weighted by molar-refractivity contribution is 0.0191. The molecule has 3 heterocycles. The first-order valence-corrected chi connectivity index (χ1v) is 8.80. The zero-order chi connectivity index (χ0) is 17.9. The molecular weight excluding hydrogens is 343 g/mol. The van der Waals surface area contributed by atoms with Crippen LogP contribution in [0.2, 0.25) is 5.02 Å². The molecule has 5 nitrogen and oxygen atoms in total. The summed E-state index contributed by atoms with van der Waals surface area (Å²) in [5.74, 6) is 0.177. The second kappa shape index (κ2) is 7.54. The van der Waals surface area contributed by atoms with Crippen LogP contribution in [0.15, 0.2) is 24.4 Å². The molecule has 0 aliphatic carbocycles. The minimum Gasteiger partial charge on any atom is -0.384 e. The molecule has 1 fully saturated rings. The van der Waals surface area contributed by atoms with E-state index in [9.17, 15) is 4.39 Å². The van der Waals surface area contributed by atoms with Crippen LogP contribution < -0.4 is 11.1 Å². The highest BCUT2D eigenvalue weighted by Crippen LogP contribution is 2.35. The minimum absolute atomic E-state index is 0.112. The van der Waals surface area contributed by atoms with Gasteiger partial charge in [-0.05, 0) is 42.9 Å². The lowest BCUT2D eigenvalue weighted by Gasteiger charge is -2.36. The molecule has 7 heteroatoms. The van der Waals surface area contributed by atoms with Crippen molar-refractivity contribution >= 4 is 23.2 Å². The summed E-state index contributed by atoms with van der Waals surface area (Å²) < 4.78 is 19.7. The van der Waals surface area contributed by atoms with Gasteiger partial charge in [-0.1, -0.05) is 18.5 Å². The molecule has 0 spiro atoms. The number of anilines is 2. The van der Waals surface area contributed by atoms with Crippen LogP contribution in [0.3, 0.4) is 0 Å². The van der Waals surface area contributed by atoms with E-state index >= 15 is 0 Å². The molecule has 1 aliphatic rings. The normalized spacial score (nSPS) is 16.6. The Bertz CT molecular complexity index is 750. The molecule has 3 N–H and O–H groups in total. The Kier molecular flexibility index (Phi) is 5.39. The van der Waals surface area contributed by atoms with Crippen molar-refractivity contribution < 1.29 is 9.13 Å². The van der Waals surface area contributed by atoms with Crippen LogP contribution in [0, 0.1) is 11.2 Å². The topological polar surface area (TPSA) is 73.1 Å². The number of nitrogens with one attached hydrogen (secondary N) is 1. The monoisotopic (exact) mass is 364 g/mol. The fourth-order valence-corrected chi connectivity index (χ4v) is 3.30. The second-order valence-electron chi connectivity index (χ2n) is 6.44. The van der Waals surface area contributed by atoms with Crippen molar-refractivity contribution in [3.63, 3.8) is 0 Å². The van der Waals surface area contributed by atoms with Crippen LogP contribution in [0.4, 0.5) is 16.0 Å². The summed E-state index contributed by atoms with van der Waals surface area (Å²) in [5, 5.41) is 3.61. The Balaban J connectivity index is 1.83. The van der Waals surface area contributed by atoms with E-state index in [2.05, 4.69) is 22.2 Å². The van der Waals surface area contributed by atoms with Gasteiger partial charge in [-0.3, -0.25) is 0 Å². The van der Waals surface area contributed by atoms with Crippen molar-refractivity contribution in [2.45, 2.75) is 26.2 Å². The van der Waals surface area contributed by atoms with E-state index in [0.717, 1.165) is 32.5 Å². The molecule has 2 aromatic rings. The Morgan fingerprint density at radius 1 is 1.36 bits per heavy atom. The highest BCUT2D eigenvalue weighted by molar-refractivity contribution is 6.33. The van der Waals surface area contributed by atoms with Crippen molar-refractivity contribution in [2.75, 3.05) is 30.8 Å². The van der Waals surface area contributed by atoms with Gasteiger partial charge in [0.1, 0.15) is 5.82 Å². The van der Waals surface area contributed by atoms with Gasteiger partial charge in [-0.15, -0.1) is 0 Å². The van der Waals surface area contributed by atoms with Gasteiger partial charge in [0, 0.05) is 31.5 Å². The third-order valence-corrected chi connectivity index (χ3v) is 5.23. The van der Waals surface area contributed by atoms with Gasteiger partial charge in [0.05, 0.1) is 10.7 Å². The quantitative estimate of drug-likeness (QED) is 0.834. The number of nitrogens with two attached hydrogens (primary N) is 1. The van der Waals surface area contributed by atoms with Crippen molar-refractivity contribution in [3.05, 3.63) is 35.2 Å². The molecule has 0 atom stereocenters. The third kappa shape index (κ3) is 4.02. The van der Waals surface area contributed by atoms with Crippen molar-refractivity contribution in [2.24, 2.45) is 5.41 Å². The van der Waals surface area contributed by atoms with Gasteiger partial charge in [0.15, 0.2) is 11.6 Å². The fraction of sp³-hybridized carbons (Fsp3) is 0.444. The molecule has 134 valence electrons. The number of hydrogen-bond donors (Lipinski definition) is 2. The number of aromatic nitrogens is 2. The highest BCUT2D eigenvalue weighted by atomic mass is 35.5. The Morgan fingerprint density at radius 3 is 2.84 bits per heavy atom. The Hall–Kier alpha value is -1.92. The average molecular weight is 365 g/mol. The average Bonchev–Trinajstić information content (AvgIpc) is 2.64. The van der Waals surface area contributed by atoms with Crippen LogP contribution in [0.5, 0.6) is 0 Å². The fourth-order valence-electron chi connectivity index (χ4n) is 3.10. The van der Waals surface area contributed by atoms with Crippen LogP contribution in [0.25, 0.3) is 11.3 Å². The predicted molar refractivity (Wildman–Crippen MR) is 98.1 cm³/mol. The lowest BCUT2D eigenvalue weighted by atomic mass is 9.78. The number of ether oxygens (including phenoxy) is 1. The maximum absolute atomic E-state index is 14.2. The van der Waals surface area contributed by atoms with Gasteiger partial charge in [0.25, 0.3) is 0 Å². The van der Waals surface area contributed by atoms with E-state index in [1.54, 1.807) is 12.1 Å². The zero-order valence-corrected chi connectivity index (χ0v) is 14.9. The SMILES string of the molecule is CCC1(CNc2nc(-c3cc(N)ncc3Cl)ccc2F)CCOCC1. The largest absolute Gasteiger partial charge is 0.384 e. The maximum Gasteiger partial charge on any atom is 0.165 e. The minimum atomic E-state index is -0.389. The van der Waals surface area contributed by atoms with Gasteiger partial charge in [-0.2, -0.15) is 0 Å². The predicted octanol–water partition coefficient (Wildman–Crippen LogP) is 4.14. The first-order valence-electron chi connectivity index (χ1n) is 8.42. The number of rotatable bonds is 5. The Labute approximate surface area is 151 Å². The molecule has 2 aromatic heterocycles. The number of hydrogen-bond acceptors (Lipinski definition) is 5. The first kappa shape index (κ1) is 17.9. The van der Waals surface area contributed by atoms with Crippen molar-refractivity contribution in [1.29, 1.82) is 0 Å². The van der Waals surface area contributed by atoms with E-state index in [1.807, 2.05) is 0 Å². The number of halogens is 2. The van der Waals surface area contributed by atoms with E-state index in [1.165, 1.54) is 12.3 Å². The molecule has 3 rings (SSSR count). The highest BCUT2D eigenvalue weighted by Gasteiger charge is 2.31. The summed E-state index contributed by atoms with van der Waals surface area (Å²) >= 11 is 6.18. The van der Waals surface area contributed by atoms with Crippen LogP contribution in [-0.2, 0) is 4.74 Å². The molecule has 0 radical (unpaired) electrons. The summed E-state index contributed by atoms with van der Waals surface area (Å²) in [6.45, 7) is 4.31. The molecule has 25 heavy (non-hydrogen) atoms. The summed E-state index contributed by atoms with van der Waals surface area (Å²) in [6, 6.07) is 4.61. The standard InChI is InChI=1S/C18H22ClFN4O/c1-2-18(5-7-25-8-6-18)11-23-17-14(20)3-4-15(24-17)12-9-16(21)22-10-13(12)19/h3-4,9-10H,2,5-8,11H2,1H3,(H2,21,22)(H,23,24). The molecule has 0 amide bonds. The van der Waals surface area contributed by atoms with E-state index in [4.69, 9.17) is 22.1 Å². The van der Waals surface area contributed by atoms with Crippen molar-refractivity contribution in [1.82, 2.24) is 9.97 Å². The third-order valence-electron chi connectivity index (χ3n) is 4.93. The molecule has 1 saturated heterocycles. The molecule has 0 saturated carbocycles. The number of pyridine rings is 2. The van der Waals surface area contributed by atoms with Gasteiger partial charge < -0.3 is 15.8 Å². The summed E-state index contributed by atoms with van der Waals surface area (Å²) in [5.41, 5.74) is 7.03. The lowest BCUT2D eigenvalue weighted by Crippen LogP contribution is -2.35. The van der Waals surface area contributed by atoms with Gasteiger partial charge >= 0.3 is 0 Å². The van der Waals surface area contributed by atoms with E-state index < -0.39 is 0 Å². The van der Waals surface area contributed by atoms with Crippen LogP contribution >= 0.6 is 11.6 Å². The number of nitrogen functional groups attached to an aromatic ring is 1. The molecule has 0 unspecified atom stereocenters. The summed E-state index contributed by atoms with van der Waals surface area (Å²) in [6.07, 6.45) is 4.41. The maximum atomic E-state index is 14.2. The first-order chi connectivity index (χ1) is 12.0. The summed E-state index contributed by atoms with van der Waals surface area (Å²) in [4.78, 5) is 8.35. The van der Waals surface area contributed by atoms with Gasteiger partial charge in [-0.25, -0.2) is 14.4 Å². The molecular formula is C18H22ClFN4O. The van der Waals surface area contributed by atoms with Crippen molar-refractivity contribution in [3.8, 4) is 11.3 Å². The summed E-state index contributed by atoms with van der Waals surface area (Å²) in [7, 11) is 0. The van der Waals surface area contributed by atoms with E-state index in [-0.39, 0.29) is 17.1 Å². The van der Waals surface area contributed by atoms with Crippen LogP contribution in [0.1, 0.15) is 26.2 Å². The smallest absolute Gasteiger partial charge is 0.165 e. The second-order valence-corrected chi connectivity index (χ2v) is 6.84. The molecule has 1 aliphatic heterocycles. The Morgan fingerprint density at radius 2 is 2.12 bits per heavy atom. The number of nitrogens with zero attached hydrogens (tertiary/aromatic N) is 2. The molecule has 0 aromatic carbocycles. The zero-order valence-electron chi connectivity index (χ0n) is 14.2. The van der Waals surface area contributed by atoms with Gasteiger partial charge in [0.2, 0.25) is 0 Å². The van der Waals surface area contributed by atoms with Crippen LogP contribution in [-0.4, -0.2) is 29.7 Å².